The molecule has 0 fully saturated rings. The fourth-order valence-electron chi connectivity index (χ4n) is 5.68. The molecule has 0 aliphatic heterocycles. The molecule has 0 radical (unpaired) electrons. The van der Waals surface area contributed by atoms with Crippen molar-refractivity contribution in [3.63, 3.8) is 0 Å². The first-order valence-corrected chi connectivity index (χ1v) is 18.2. The molecule has 0 atom stereocenters. The van der Waals surface area contributed by atoms with E-state index in [-0.39, 0.29) is 13.1 Å². The molecule has 6 aromatic carbocycles. The Morgan fingerprint density at radius 2 is 0.851 bits per heavy atom. The number of aliphatic imine (C=N–C) groups is 2. The van der Waals surface area contributed by atoms with Gasteiger partial charge in [-0.15, -0.1) is 0 Å². The van der Waals surface area contributed by atoms with Crippen LogP contribution in [0.5, 0.6) is 0 Å². The quantitative estimate of drug-likeness (QED) is 0.126. The topological polar surface area (TPSA) is 37.6 Å². The first-order valence-electron chi connectivity index (χ1n) is 15.2. The Bertz CT molecular complexity index is 2060. The van der Waals surface area contributed by atoms with Crippen LogP contribution in [-0.4, -0.2) is 16.4 Å². The van der Waals surface area contributed by atoms with Crippen molar-refractivity contribution in [1.82, 2.24) is 4.98 Å². The minimum atomic E-state index is 0.194. The zero-order valence-corrected chi connectivity index (χ0v) is 28.5. The van der Waals surface area contributed by atoms with E-state index in [9.17, 15) is 0 Å². The number of hydrogen-bond donors (Lipinski definition) is 0. The van der Waals surface area contributed by atoms with E-state index in [4.69, 9.17) is 35.2 Å². The van der Waals surface area contributed by atoms with Crippen molar-refractivity contribution in [2.24, 2.45) is 9.98 Å². The Labute approximate surface area is 290 Å². The molecule has 0 aliphatic carbocycles. The third-order valence-corrected chi connectivity index (χ3v) is 7.98. The second kappa shape index (κ2) is 15.3. The van der Waals surface area contributed by atoms with Gasteiger partial charge in [0.05, 0.1) is 34.2 Å². The van der Waals surface area contributed by atoms with Crippen LogP contribution in [-0.2, 0) is 13.1 Å². The number of halogens is 2. The van der Waals surface area contributed by atoms with Crippen molar-refractivity contribution in [3.8, 4) is 0 Å². The summed E-state index contributed by atoms with van der Waals surface area (Å²) < 4.78 is 0. The van der Waals surface area contributed by atoms with E-state index in [2.05, 4.69) is 117 Å². The van der Waals surface area contributed by atoms with Gasteiger partial charge in [0.25, 0.3) is 0 Å². The molecule has 0 amide bonds. The van der Waals surface area contributed by atoms with Crippen LogP contribution in [0.4, 0.5) is 11.4 Å². The summed E-state index contributed by atoms with van der Waals surface area (Å²) in [6, 6.07) is 52.2. The van der Waals surface area contributed by atoms with Gasteiger partial charge in [0.15, 0.2) is 0 Å². The van der Waals surface area contributed by atoms with Crippen molar-refractivity contribution in [1.29, 1.82) is 0 Å². The van der Waals surface area contributed by atoms with Crippen molar-refractivity contribution in [3.05, 3.63) is 185 Å². The molecule has 0 saturated heterocycles. The van der Waals surface area contributed by atoms with E-state index >= 15 is 0 Å². The van der Waals surface area contributed by atoms with E-state index in [0.717, 1.165) is 78.0 Å². The zero-order chi connectivity index (χ0) is 32.6. The summed E-state index contributed by atoms with van der Waals surface area (Å²) in [7, 11) is 9.53. The third-order valence-electron chi connectivity index (χ3n) is 7.98. The van der Waals surface area contributed by atoms with Crippen LogP contribution in [0.3, 0.4) is 0 Å². The maximum absolute atomic E-state index is 5.35. The third kappa shape index (κ3) is 7.38. The van der Waals surface area contributed by atoms with Crippen LogP contribution in [0.2, 0.25) is 0 Å². The van der Waals surface area contributed by atoms with E-state index in [0.29, 0.717) is 0 Å². The number of rotatable bonds is 6. The van der Waals surface area contributed by atoms with Crippen molar-refractivity contribution in [2.45, 2.75) is 13.8 Å². The van der Waals surface area contributed by atoms with Crippen molar-refractivity contribution >= 4 is 64.5 Å². The Morgan fingerprint density at radius 1 is 0.468 bits per heavy atom. The van der Waals surface area contributed by atoms with Crippen LogP contribution >= 0.6 is 20.2 Å². The van der Waals surface area contributed by atoms with Gasteiger partial charge in [-0.25, -0.2) is 15.0 Å². The van der Waals surface area contributed by atoms with E-state index in [1.54, 1.807) is 0 Å². The second-order valence-electron chi connectivity index (χ2n) is 11.0. The molecule has 3 nitrogen and oxygen atoms in total. The monoisotopic (exact) mass is 691 g/mol. The van der Waals surface area contributed by atoms with Gasteiger partial charge in [0, 0.05) is 21.9 Å². The Hall–Kier alpha value is -4.57. The number of benzene rings is 6. The molecule has 7 aromatic rings. The molecule has 0 unspecified atom stereocenters. The molecule has 0 saturated carbocycles. The zero-order valence-electron chi connectivity index (χ0n) is 25.9. The van der Waals surface area contributed by atoms with Gasteiger partial charge in [0.2, 0.25) is 0 Å². The molecular weight excluding hydrogens is 661 g/mol. The van der Waals surface area contributed by atoms with Crippen LogP contribution in [0.1, 0.15) is 33.6 Å². The molecule has 1 heterocycles. The Balaban J connectivity index is 0.00000124. The summed E-state index contributed by atoms with van der Waals surface area (Å²) in [5, 5.41) is 4.56. The van der Waals surface area contributed by atoms with Crippen LogP contribution in [0.15, 0.2) is 162 Å². The van der Waals surface area contributed by atoms with Crippen LogP contribution in [0, 0.1) is 13.8 Å². The van der Waals surface area contributed by atoms with Gasteiger partial charge in [-0.1, -0.05) is 140 Å². The maximum atomic E-state index is 5.35. The number of aryl methyl sites for hydroxylation is 2. The van der Waals surface area contributed by atoms with Gasteiger partial charge in [-0.05, 0) is 47.9 Å². The minimum absolute atomic E-state index is 0.194. The number of fused-ring (bicyclic) bond motifs is 2. The van der Waals surface area contributed by atoms with Gasteiger partial charge < -0.3 is 0 Å². The molecule has 0 bridgehead atoms. The van der Waals surface area contributed by atoms with Gasteiger partial charge in [0.1, 0.15) is 0 Å². The average molecular weight is 692 g/mol. The number of hydrogen-bond acceptors (Lipinski definition) is 3. The van der Waals surface area contributed by atoms with Crippen molar-refractivity contribution < 1.29 is 13.1 Å². The standard InChI is InChI=1S/C41H31N3.2ClH.Fe/c1-28-24-26-30-14-9-11-20-34(30)38(28)43-40(32-16-5-3-6-17-32)36-22-13-23-37(42-36)41(33-18-7-4-8-19-33)44-39-29(2)25-27-31-15-10-12-21-35(31)39;;;/h3-27H,1-2H3;2*1H;/q;;;+2/p-2. The van der Waals surface area contributed by atoms with Gasteiger partial charge in [-0.3, -0.25) is 0 Å². The summed E-state index contributed by atoms with van der Waals surface area (Å²) in [4.78, 5) is 16.0. The Kier molecular flexibility index (Phi) is 10.6. The normalized spacial score (nSPS) is 11.8. The predicted octanol–water partition coefficient (Wildman–Crippen LogP) is 11.7. The molecular formula is C41H31Cl2FeN3. The molecule has 232 valence electrons. The average Bonchev–Trinajstić information content (AvgIpc) is 3.12. The molecule has 1 aromatic heterocycles. The van der Waals surface area contributed by atoms with E-state index in [1.807, 2.05) is 48.5 Å². The van der Waals surface area contributed by atoms with Crippen molar-refractivity contribution in [2.75, 3.05) is 0 Å². The van der Waals surface area contributed by atoms with E-state index < -0.39 is 0 Å². The summed E-state index contributed by atoms with van der Waals surface area (Å²) in [5.41, 5.74) is 9.38. The molecule has 0 spiro atoms. The molecule has 6 heteroatoms. The Morgan fingerprint density at radius 3 is 1.28 bits per heavy atom. The first-order chi connectivity index (χ1) is 23.1. The summed E-state index contributed by atoms with van der Waals surface area (Å²) in [5.74, 6) is 0. The molecule has 0 N–H and O–H groups in total. The summed E-state index contributed by atoms with van der Waals surface area (Å²) >= 11 is 0.194. The number of pyridine rings is 1. The fourth-order valence-corrected chi connectivity index (χ4v) is 5.68. The predicted molar refractivity (Wildman–Crippen MR) is 197 cm³/mol. The molecule has 7 rings (SSSR count). The molecule has 47 heavy (non-hydrogen) atoms. The number of aromatic nitrogens is 1. The van der Waals surface area contributed by atoms with Crippen LogP contribution in [0.25, 0.3) is 21.5 Å². The van der Waals surface area contributed by atoms with Gasteiger partial charge in [-0.2, -0.15) is 0 Å². The fraction of sp³-hybridized carbons (Fsp3) is 0.0488. The second-order valence-corrected chi connectivity index (χ2v) is 12.8. The number of nitrogens with zero attached hydrogens (tertiary/aromatic N) is 3. The van der Waals surface area contributed by atoms with Crippen LogP contribution < -0.4 is 0 Å². The van der Waals surface area contributed by atoms with E-state index in [1.165, 1.54) is 0 Å². The first kappa shape index (κ1) is 32.4. The molecule has 0 aliphatic rings. The van der Waals surface area contributed by atoms with Gasteiger partial charge >= 0.3 is 33.3 Å². The summed E-state index contributed by atoms with van der Waals surface area (Å²) in [6.45, 7) is 4.23. The SMILES string of the molecule is Cc1ccc2ccccc2c1N=C(c1ccccc1)c1cccc(C(=Nc2c(C)ccc3ccccc23)c2ccccc2)n1.[Cl][Fe][Cl]. The summed E-state index contributed by atoms with van der Waals surface area (Å²) in [6.07, 6.45) is 0.